The summed E-state index contributed by atoms with van der Waals surface area (Å²) in [7, 11) is 0. The lowest BCUT2D eigenvalue weighted by atomic mass is 9.97. The van der Waals surface area contributed by atoms with Gasteiger partial charge in [-0.15, -0.1) is 0 Å². The maximum absolute atomic E-state index is 13.4. The highest BCUT2D eigenvalue weighted by molar-refractivity contribution is 5.94. The summed E-state index contributed by atoms with van der Waals surface area (Å²) in [5.41, 5.74) is 4.34. The van der Waals surface area contributed by atoms with Gasteiger partial charge in [0, 0.05) is 25.1 Å². The number of carbonyl (C=O) groups excluding carboxylic acids is 1. The number of carbonyl (C=O) groups is 1. The molecule has 0 saturated heterocycles. The molecule has 3 heterocycles. The molecule has 1 amide bonds. The van der Waals surface area contributed by atoms with Gasteiger partial charge in [0.15, 0.2) is 5.69 Å². The van der Waals surface area contributed by atoms with E-state index in [0.29, 0.717) is 31.6 Å². The second kappa shape index (κ2) is 6.68. The van der Waals surface area contributed by atoms with Crippen LogP contribution in [0.4, 0.5) is 4.39 Å². The molecular formula is C20H22FN3O2. The van der Waals surface area contributed by atoms with E-state index >= 15 is 0 Å². The van der Waals surface area contributed by atoms with E-state index in [1.165, 1.54) is 12.1 Å². The highest BCUT2D eigenvalue weighted by atomic mass is 19.1. The molecule has 2 aromatic rings. The Bertz CT molecular complexity index is 874. The summed E-state index contributed by atoms with van der Waals surface area (Å²) in [6.07, 6.45) is 3.39. The number of rotatable bonds is 2. The molecule has 6 heteroatoms. The molecule has 1 aromatic heterocycles. The van der Waals surface area contributed by atoms with Gasteiger partial charge >= 0.3 is 0 Å². The first-order valence-corrected chi connectivity index (χ1v) is 8.99. The smallest absolute Gasteiger partial charge is 0.274 e. The average Bonchev–Trinajstić information content (AvgIpc) is 3.05. The van der Waals surface area contributed by atoms with Crippen molar-refractivity contribution in [1.29, 1.82) is 0 Å². The van der Waals surface area contributed by atoms with Crippen LogP contribution < -0.4 is 0 Å². The van der Waals surface area contributed by atoms with E-state index < -0.39 is 0 Å². The Balaban J connectivity index is 1.53. The van der Waals surface area contributed by atoms with E-state index in [0.717, 1.165) is 22.4 Å². The number of aromatic nitrogens is 2. The molecule has 2 atom stereocenters. The van der Waals surface area contributed by atoms with Crippen LogP contribution in [0, 0.1) is 5.82 Å². The average molecular weight is 355 g/mol. The number of nitrogens with zero attached hydrogens (tertiary/aromatic N) is 2. The van der Waals surface area contributed by atoms with Crippen LogP contribution in [0.1, 0.15) is 53.7 Å². The van der Waals surface area contributed by atoms with Gasteiger partial charge in [-0.3, -0.25) is 9.89 Å². The van der Waals surface area contributed by atoms with Crippen molar-refractivity contribution in [3.63, 3.8) is 0 Å². The first-order valence-electron chi connectivity index (χ1n) is 8.99. The number of aromatic amines is 1. The monoisotopic (exact) mass is 355 g/mol. The van der Waals surface area contributed by atoms with E-state index in [9.17, 15) is 9.18 Å². The van der Waals surface area contributed by atoms with Crippen molar-refractivity contribution in [2.45, 2.75) is 38.9 Å². The van der Waals surface area contributed by atoms with E-state index in [1.54, 1.807) is 11.0 Å². The number of H-pyrrole nitrogens is 1. The lowest BCUT2D eigenvalue weighted by molar-refractivity contribution is -0.00701. The maximum Gasteiger partial charge on any atom is 0.274 e. The Morgan fingerprint density at radius 3 is 2.96 bits per heavy atom. The van der Waals surface area contributed by atoms with Gasteiger partial charge in [0.2, 0.25) is 0 Å². The largest absolute Gasteiger partial charge is 0.369 e. The standard InChI is InChI=1S/C20H22FN3O2/c1-12-10-17-18(13(2)26-12)22-23-19(17)20(25)24-8-6-14(7-9-24)15-4-3-5-16(21)11-15/h3-6,11-13H,7-10H2,1-2H3,(H,22,23)/t12-,13+/m1/s1. The predicted molar refractivity (Wildman–Crippen MR) is 96.2 cm³/mol. The summed E-state index contributed by atoms with van der Waals surface area (Å²) >= 11 is 0. The quantitative estimate of drug-likeness (QED) is 0.897. The number of benzene rings is 1. The van der Waals surface area contributed by atoms with Gasteiger partial charge in [0.05, 0.1) is 17.9 Å². The zero-order valence-electron chi connectivity index (χ0n) is 15.0. The fourth-order valence-corrected chi connectivity index (χ4v) is 3.80. The molecule has 136 valence electrons. The lowest BCUT2D eigenvalue weighted by Crippen LogP contribution is -2.36. The number of fused-ring (bicyclic) bond motifs is 1. The number of hydrogen-bond acceptors (Lipinski definition) is 3. The number of halogens is 1. The molecule has 0 saturated carbocycles. The Kier molecular flexibility index (Phi) is 4.36. The van der Waals surface area contributed by atoms with Crippen molar-refractivity contribution >= 4 is 11.5 Å². The number of amides is 1. The zero-order valence-corrected chi connectivity index (χ0v) is 15.0. The summed E-state index contributed by atoms with van der Waals surface area (Å²) in [6, 6.07) is 6.59. The molecule has 0 unspecified atom stereocenters. The van der Waals surface area contributed by atoms with Gasteiger partial charge in [-0.05, 0) is 43.5 Å². The third-order valence-electron chi connectivity index (χ3n) is 5.13. The van der Waals surface area contributed by atoms with E-state index in [-0.39, 0.29) is 23.9 Å². The molecule has 2 aliphatic rings. The summed E-state index contributed by atoms with van der Waals surface area (Å²) in [5.74, 6) is -0.297. The minimum atomic E-state index is -0.240. The first-order chi connectivity index (χ1) is 12.5. The van der Waals surface area contributed by atoms with Crippen LogP contribution in [0.5, 0.6) is 0 Å². The molecule has 1 aromatic carbocycles. The van der Waals surface area contributed by atoms with Crippen molar-refractivity contribution in [3.8, 4) is 0 Å². The van der Waals surface area contributed by atoms with Crippen LogP contribution in [0.3, 0.4) is 0 Å². The van der Waals surface area contributed by atoms with E-state index in [4.69, 9.17) is 4.74 Å². The maximum atomic E-state index is 13.4. The van der Waals surface area contributed by atoms with Gasteiger partial charge in [-0.25, -0.2) is 4.39 Å². The molecule has 0 fully saturated rings. The Morgan fingerprint density at radius 1 is 1.38 bits per heavy atom. The van der Waals surface area contributed by atoms with Crippen molar-refractivity contribution in [3.05, 3.63) is 58.7 Å². The highest BCUT2D eigenvalue weighted by Crippen LogP contribution is 2.31. The number of ether oxygens (including phenoxy) is 1. The summed E-state index contributed by atoms with van der Waals surface area (Å²) in [4.78, 5) is 14.8. The van der Waals surface area contributed by atoms with Crippen molar-refractivity contribution in [2.75, 3.05) is 13.1 Å². The molecule has 4 rings (SSSR count). The molecular weight excluding hydrogens is 333 g/mol. The first kappa shape index (κ1) is 17.0. The fourth-order valence-electron chi connectivity index (χ4n) is 3.80. The number of nitrogens with one attached hydrogen (secondary N) is 1. The number of hydrogen-bond donors (Lipinski definition) is 1. The normalized spacial score (nSPS) is 22.7. The van der Waals surface area contributed by atoms with Crippen LogP contribution in [-0.4, -0.2) is 40.2 Å². The van der Waals surface area contributed by atoms with Crippen LogP contribution in [0.2, 0.25) is 0 Å². The van der Waals surface area contributed by atoms with Crippen LogP contribution in [0.25, 0.3) is 5.57 Å². The minimum absolute atomic E-state index is 0.0571. The molecule has 0 bridgehead atoms. The summed E-state index contributed by atoms with van der Waals surface area (Å²) in [6.45, 7) is 5.09. The van der Waals surface area contributed by atoms with Gasteiger partial charge in [0.1, 0.15) is 5.82 Å². The topological polar surface area (TPSA) is 58.2 Å². The molecule has 0 radical (unpaired) electrons. The molecule has 26 heavy (non-hydrogen) atoms. The zero-order chi connectivity index (χ0) is 18.3. The third-order valence-corrected chi connectivity index (χ3v) is 5.13. The SMILES string of the molecule is C[C@@H]1Cc2c(C(=O)N3CC=C(c4cccc(F)c4)CC3)n[nH]c2[C@H](C)O1. The third kappa shape index (κ3) is 3.05. The van der Waals surface area contributed by atoms with Gasteiger partial charge in [0.25, 0.3) is 5.91 Å². The van der Waals surface area contributed by atoms with Gasteiger partial charge in [-0.1, -0.05) is 18.2 Å². The molecule has 5 nitrogen and oxygen atoms in total. The minimum Gasteiger partial charge on any atom is -0.369 e. The van der Waals surface area contributed by atoms with E-state index in [1.807, 2.05) is 26.0 Å². The Hall–Kier alpha value is -2.47. The Morgan fingerprint density at radius 2 is 2.23 bits per heavy atom. The van der Waals surface area contributed by atoms with Gasteiger partial charge < -0.3 is 9.64 Å². The fraction of sp³-hybridized carbons (Fsp3) is 0.400. The van der Waals surface area contributed by atoms with E-state index in [2.05, 4.69) is 10.2 Å². The summed E-state index contributed by atoms with van der Waals surface area (Å²) < 4.78 is 19.2. The molecule has 2 aliphatic heterocycles. The van der Waals surface area contributed by atoms with Gasteiger partial charge in [-0.2, -0.15) is 5.10 Å². The Labute approximate surface area is 151 Å². The predicted octanol–water partition coefficient (Wildman–Crippen LogP) is 3.50. The second-order valence-corrected chi connectivity index (χ2v) is 7.00. The highest BCUT2D eigenvalue weighted by Gasteiger charge is 2.31. The van der Waals surface area contributed by atoms with Crippen molar-refractivity contribution in [2.24, 2.45) is 0 Å². The van der Waals surface area contributed by atoms with Crippen LogP contribution in [0.15, 0.2) is 30.3 Å². The second-order valence-electron chi connectivity index (χ2n) is 7.00. The molecule has 1 N–H and O–H groups in total. The van der Waals surface area contributed by atoms with Crippen molar-refractivity contribution < 1.29 is 13.9 Å². The summed E-state index contributed by atoms with van der Waals surface area (Å²) in [5, 5.41) is 7.26. The lowest BCUT2D eigenvalue weighted by Gasteiger charge is -2.28. The van der Waals surface area contributed by atoms with Crippen molar-refractivity contribution in [1.82, 2.24) is 15.1 Å². The molecule has 0 aliphatic carbocycles. The van der Waals surface area contributed by atoms with Crippen LogP contribution >= 0.6 is 0 Å². The van der Waals surface area contributed by atoms with Crippen LogP contribution in [-0.2, 0) is 11.2 Å². The molecule has 0 spiro atoms.